The van der Waals surface area contributed by atoms with Gasteiger partial charge >= 0.3 is 11.9 Å². The molecule has 8 nitrogen and oxygen atoms in total. The summed E-state index contributed by atoms with van der Waals surface area (Å²) in [5.74, 6) is -3.52. The maximum Gasteiger partial charge on any atom is 0.325 e. The molecule has 2 amide bonds. The molecule has 0 heterocycles. The van der Waals surface area contributed by atoms with E-state index in [0.717, 1.165) is 0 Å². The van der Waals surface area contributed by atoms with Crippen molar-refractivity contribution in [3.8, 4) is 0 Å². The Morgan fingerprint density at radius 2 is 1.50 bits per heavy atom. The summed E-state index contributed by atoms with van der Waals surface area (Å²) in [6.45, 7) is 2.67. The SMILES string of the molecule is C[C@H](NC(=O)[C@H](C)NC(=O)CCC(=O)O)C(=O)O. The van der Waals surface area contributed by atoms with Gasteiger partial charge in [-0.2, -0.15) is 0 Å². The second-order valence-electron chi connectivity index (χ2n) is 3.75. The highest BCUT2D eigenvalue weighted by molar-refractivity contribution is 5.90. The first-order valence-corrected chi connectivity index (χ1v) is 5.28. The smallest absolute Gasteiger partial charge is 0.325 e. The van der Waals surface area contributed by atoms with Crippen molar-refractivity contribution < 1.29 is 29.4 Å². The molecule has 0 aliphatic rings. The Bertz CT molecular complexity index is 354. The van der Waals surface area contributed by atoms with Gasteiger partial charge in [-0.1, -0.05) is 0 Å². The summed E-state index contributed by atoms with van der Waals surface area (Å²) in [6.07, 6.45) is -0.562. The van der Waals surface area contributed by atoms with Crippen LogP contribution in [0.1, 0.15) is 26.7 Å². The van der Waals surface area contributed by atoms with Crippen molar-refractivity contribution >= 4 is 23.8 Å². The largest absolute Gasteiger partial charge is 0.481 e. The molecule has 0 unspecified atom stereocenters. The Labute approximate surface area is 103 Å². The van der Waals surface area contributed by atoms with Gasteiger partial charge in [-0.05, 0) is 13.8 Å². The molecule has 0 rings (SSSR count). The van der Waals surface area contributed by atoms with Crippen LogP contribution in [-0.4, -0.2) is 46.0 Å². The van der Waals surface area contributed by atoms with Gasteiger partial charge in [0.25, 0.3) is 0 Å². The Morgan fingerprint density at radius 1 is 0.944 bits per heavy atom. The fourth-order valence-electron chi connectivity index (χ4n) is 1.000. The molecule has 0 aromatic carbocycles. The molecule has 0 fully saturated rings. The number of amides is 2. The number of aliphatic carboxylic acids is 2. The van der Waals surface area contributed by atoms with Crippen molar-refractivity contribution in [1.29, 1.82) is 0 Å². The van der Waals surface area contributed by atoms with E-state index in [-0.39, 0.29) is 12.8 Å². The summed E-state index contributed by atoms with van der Waals surface area (Å²) >= 11 is 0. The number of carbonyl (C=O) groups excluding carboxylic acids is 2. The summed E-state index contributed by atoms with van der Waals surface area (Å²) in [4.78, 5) is 43.3. The number of nitrogens with one attached hydrogen (secondary N) is 2. The number of hydrogen-bond acceptors (Lipinski definition) is 4. The van der Waals surface area contributed by atoms with Gasteiger partial charge in [-0.15, -0.1) is 0 Å². The van der Waals surface area contributed by atoms with Crippen molar-refractivity contribution in [2.75, 3.05) is 0 Å². The first-order chi connectivity index (χ1) is 8.23. The fraction of sp³-hybridized carbons (Fsp3) is 0.600. The summed E-state index contributed by atoms with van der Waals surface area (Å²) in [5.41, 5.74) is 0. The quantitative estimate of drug-likeness (QED) is 0.461. The van der Waals surface area contributed by atoms with Crippen LogP contribution in [0.5, 0.6) is 0 Å². The molecule has 18 heavy (non-hydrogen) atoms. The minimum atomic E-state index is -1.19. The van der Waals surface area contributed by atoms with Crippen LogP contribution in [0.25, 0.3) is 0 Å². The molecule has 0 aliphatic carbocycles. The van der Waals surface area contributed by atoms with E-state index in [9.17, 15) is 19.2 Å². The minimum Gasteiger partial charge on any atom is -0.481 e. The topological polar surface area (TPSA) is 133 Å². The lowest BCUT2D eigenvalue weighted by Gasteiger charge is -2.15. The molecule has 0 spiro atoms. The molecule has 0 aliphatic heterocycles. The summed E-state index contributed by atoms with van der Waals surface area (Å²) in [7, 11) is 0. The molecular weight excluding hydrogens is 244 g/mol. The van der Waals surface area contributed by atoms with Crippen molar-refractivity contribution in [2.45, 2.75) is 38.8 Å². The maximum absolute atomic E-state index is 11.4. The molecule has 0 saturated heterocycles. The predicted octanol–water partition coefficient (Wildman–Crippen LogP) is -1.05. The van der Waals surface area contributed by atoms with Gasteiger partial charge in [0.2, 0.25) is 11.8 Å². The Balaban J connectivity index is 4.11. The first-order valence-electron chi connectivity index (χ1n) is 5.28. The maximum atomic E-state index is 11.4. The highest BCUT2D eigenvalue weighted by Gasteiger charge is 2.20. The number of rotatable bonds is 7. The zero-order chi connectivity index (χ0) is 14.3. The molecule has 8 heteroatoms. The zero-order valence-corrected chi connectivity index (χ0v) is 10.1. The van der Waals surface area contributed by atoms with E-state index in [4.69, 9.17) is 10.2 Å². The number of carboxylic acid groups (broad SMARTS) is 2. The zero-order valence-electron chi connectivity index (χ0n) is 10.1. The van der Waals surface area contributed by atoms with E-state index in [1.54, 1.807) is 0 Å². The van der Waals surface area contributed by atoms with Gasteiger partial charge in [0.05, 0.1) is 6.42 Å². The average Bonchev–Trinajstić information content (AvgIpc) is 2.25. The van der Waals surface area contributed by atoms with E-state index in [2.05, 4.69) is 10.6 Å². The summed E-state index contributed by atoms with van der Waals surface area (Å²) in [6, 6.07) is -1.98. The normalized spacial score (nSPS) is 13.2. The van der Waals surface area contributed by atoms with Crippen LogP contribution in [0.2, 0.25) is 0 Å². The minimum absolute atomic E-state index is 0.235. The number of carboxylic acids is 2. The van der Waals surface area contributed by atoms with E-state index in [1.165, 1.54) is 13.8 Å². The third-order valence-corrected chi connectivity index (χ3v) is 2.07. The molecule has 0 saturated carbocycles. The highest BCUT2D eigenvalue weighted by Crippen LogP contribution is 1.92. The third kappa shape index (κ3) is 6.46. The molecule has 0 radical (unpaired) electrons. The standard InChI is InChI=1S/C10H16N2O6/c1-5(9(16)12-6(2)10(17)18)11-7(13)3-4-8(14)15/h5-6H,3-4H2,1-2H3,(H,11,13)(H,12,16)(H,14,15)(H,17,18)/t5-,6-/m0/s1. The molecule has 2 atom stereocenters. The van der Waals surface area contributed by atoms with E-state index >= 15 is 0 Å². The Morgan fingerprint density at radius 3 is 1.94 bits per heavy atom. The number of hydrogen-bond donors (Lipinski definition) is 4. The third-order valence-electron chi connectivity index (χ3n) is 2.07. The molecule has 4 N–H and O–H groups in total. The molecule has 0 aromatic heterocycles. The molecule has 102 valence electrons. The van der Waals surface area contributed by atoms with Crippen LogP contribution in [0.15, 0.2) is 0 Å². The van der Waals surface area contributed by atoms with Crippen LogP contribution < -0.4 is 10.6 Å². The second-order valence-corrected chi connectivity index (χ2v) is 3.75. The Hall–Kier alpha value is -2.12. The van der Waals surface area contributed by atoms with Crippen molar-refractivity contribution in [2.24, 2.45) is 0 Å². The van der Waals surface area contributed by atoms with Crippen LogP contribution in [0.4, 0.5) is 0 Å². The lowest BCUT2D eigenvalue weighted by atomic mass is 10.2. The Kier molecular flexibility index (Phi) is 6.40. The van der Waals surface area contributed by atoms with Gasteiger partial charge in [0.15, 0.2) is 0 Å². The number of carbonyl (C=O) groups is 4. The van der Waals surface area contributed by atoms with Crippen LogP contribution in [-0.2, 0) is 19.2 Å². The van der Waals surface area contributed by atoms with Gasteiger partial charge in [0.1, 0.15) is 12.1 Å². The van der Waals surface area contributed by atoms with Crippen LogP contribution in [0, 0.1) is 0 Å². The van der Waals surface area contributed by atoms with Crippen molar-refractivity contribution in [3.63, 3.8) is 0 Å². The van der Waals surface area contributed by atoms with E-state index in [1.807, 2.05) is 0 Å². The summed E-state index contributed by atoms with van der Waals surface area (Å²) < 4.78 is 0. The van der Waals surface area contributed by atoms with E-state index in [0.29, 0.717) is 0 Å². The summed E-state index contributed by atoms with van der Waals surface area (Å²) in [5, 5.41) is 21.4. The van der Waals surface area contributed by atoms with Gasteiger partial charge in [-0.25, -0.2) is 0 Å². The predicted molar refractivity (Wildman–Crippen MR) is 59.7 cm³/mol. The molecule has 0 aromatic rings. The van der Waals surface area contributed by atoms with Crippen molar-refractivity contribution in [3.05, 3.63) is 0 Å². The van der Waals surface area contributed by atoms with Crippen LogP contribution in [0.3, 0.4) is 0 Å². The van der Waals surface area contributed by atoms with Gasteiger partial charge in [-0.3, -0.25) is 19.2 Å². The second kappa shape index (κ2) is 7.25. The first kappa shape index (κ1) is 15.9. The molecular formula is C10H16N2O6. The fourth-order valence-corrected chi connectivity index (χ4v) is 1.000. The van der Waals surface area contributed by atoms with E-state index < -0.39 is 35.8 Å². The average molecular weight is 260 g/mol. The van der Waals surface area contributed by atoms with Crippen molar-refractivity contribution in [1.82, 2.24) is 10.6 Å². The van der Waals surface area contributed by atoms with Gasteiger partial charge in [0, 0.05) is 6.42 Å². The van der Waals surface area contributed by atoms with Gasteiger partial charge < -0.3 is 20.8 Å². The highest BCUT2D eigenvalue weighted by atomic mass is 16.4. The monoisotopic (exact) mass is 260 g/mol. The lowest BCUT2D eigenvalue weighted by Crippen LogP contribution is -2.49. The van der Waals surface area contributed by atoms with Crippen LogP contribution >= 0.6 is 0 Å². The lowest BCUT2D eigenvalue weighted by molar-refractivity contribution is -0.142. The molecule has 0 bridgehead atoms.